The molecule has 0 aromatic carbocycles. The summed E-state index contributed by atoms with van der Waals surface area (Å²) in [5.41, 5.74) is 0. The standard InChI is InChI=1S/C10H20N2O4S2/c1-11-9-2-5-12(8-9)18(15,16)10-3-6-17(13,14)7-4-10/h9-11H,2-8H2,1H3. The summed E-state index contributed by atoms with van der Waals surface area (Å²) in [6, 6.07) is 0.215. The van der Waals surface area contributed by atoms with E-state index in [2.05, 4.69) is 5.32 Å². The van der Waals surface area contributed by atoms with Gasteiger partial charge in [0.05, 0.1) is 16.8 Å². The molecule has 106 valence electrons. The van der Waals surface area contributed by atoms with E-state index in [4.69, 9.17) is 0 Å². The molecule has 18 heavy (non-hydrogen) atoms. The zero-order valence-electron chi connectivity index (χ0n) is 10.5. The number of sulfone groups is 1. The van der Waals surface area contributed by atoms with Crippen LogP contribution in [0.3, 0.4) is 0 Å². The Kier molecular flexibility index (Phi) is 4.01. The summed E-state index contributed by atoms with van der Waals surface area (Å²) in [5.74, 6) is 0.000383. The first-order chi connectivity index (χ1) is 8.35. The van der Waals surface area contributed by atoms with Crippen molar-refractivity contribution in [1.82, 2.24) is 9.62 Å². The van der Waals surface area contributed by atoms with Gasteiger partial charge in [0.2, 0.25) is 10.0 Å². The Bertz CT molecular complexity index is 486. The third-order valence-electron chi connectivity index (χ3n) is 3.84. The maximum Gasteiger partial charge on any atom is 0.217 e. The molecule has 0 radical (unpaired) electrons. The summed E-state index contributed by atoms with van der Waals surface area (Å²) in [6.07, 6.45) is 1.30. The van der Waals surface area contributed by atoms with Crippen LogP contribution in [-0.4, -0.2) is 64.1 Å². The van der Waals surface area contributed by atoms with Gasteiger partial charge in [0.15, 0.2) is 0 Å². The lowest BCUT2D eigenvalue weighted by atomic mass is 10.2. The molecule has 0 amide bonds. The van der Waals surface area contributed by atoms with Crippen molar-refractivity contribution < 1.29 is 16.8 Å². The SMILES string of the molecule is CNC1CCN(S(=O)(=O)C2CCS(=O)(=O)CC2)C1. The topological polar surface area (TPSA) is 83.6 Å². The van der Waals surface area contributed by atoms with Crippen molar-refractivity contribution in [2.45, 2.75) is 30.6 Å². The first kappa shape index (κ1) is 14.2. The van der Waals surface area contributed by atoms with E-state index in [-0.39, 0.29) is 30.4 Å². The molecule has 2 heterocycles. The molecule has 0 bridgehead atoms. The van der Waals surface area contributed by atoms with Crippen molar-refractivity contribution in [3.63, 3.8) is 0 Å². The van der Waals surface area contributed by atoms with Crippen molar-refractivity contribution in [3.05, 3.63) is 0 Å². The number of sulfonamides is 1. The Hall–Kier alpha value is -0.180. The molecule has 1 N–H and O–H groups in total. The first-order valence-corrected chi connectivity index (χ1v) is 9.54. The van der Waals surface area contributed by atoms with Gasteiger partial charge in [-0.2, -0.15) is 0 Å². The second-order valence-corrected chi connectivity index (χ2v) is 9.55. The second-order valence-electron chi connectivity index (χ2n) is 5.03. The van der Waals surface area contributed by atoms with Crippen LogP contribution in [0.2, 0.25) is 0 Å². The van der Waals surface area contributed by atoms with Gasteiger partial charge in [0, 0.05) is 19.1 Å². The van der Waals surface area contributed by atoms with Crippen molar-refractivity contribution >= 4 is 19.9 Å². The van der Waals surface area contributed by atoms with Crippen LogP contribution < -0.4 is 5.32 Å². The average Bonchev–Trinajstić information content (AvgIpc) is 2.77. The van der Waals surface area contributed by atoms with Crippen molar-refractivity contribution in [2.75, 3.05) is 31.6 Å². The number of nitrogens with zero attached hydrogens (tertiary/aromatic N) is 1. The Morgan fingerprint density at radius 2 is 1.78 bits per heavy atom. The summed E-state index contributed by atoms with van der Waals surface area (Å²) < 4.78 is 48.9. The van der Waals surface area contributed by atoms with Gasteiger partial charge in [0.25, 0.3) is 0 Å². The number of hydrogen-bond donors (Lipinski definition) is 1. The van der Waals surface area contributed by atoms with E-state index < -0.39 is 25.1 Å². The van der Waals surface area contributed by atoms with Gasteiger partial charge in [-0.1, -0.05) is 0 Å². The maximum atomic E-state index is 12.4. The highest BCUT2D eigenvalue weighted by atomic mass is 32.2. The predicted octanol–water partition coefficient (Wildman–Crippen LogP) is -0.813. The minimum atomic E-state index is -3.33. The van der Waals surface area contributed by atoms with Gasteiger partial charge in [-0.3, -0.25) is 0 Å². The van der Waals surface area contributed by atoms with Crippen molar-refractivity contribution in [1.29, 1.82) is 0 Å². The number of rotatable bonds is 3. The number of nitrogens with one attached hydrogen (secondary N) is 1. The Balaban J connectivity index is 2.04. The first-order valence-electron chi connectivity index (χ1n) is 6.22. The molecule has 8 heteroatoms. The van der Waals surface area contributed by atoms with Crippen LogP contribution in [0.4, 0.5) is 0 Å². The average molecular weight is 296 g/mol. The monoisotopic (exact) mass is 296 g/mol. The molecule has 2 aliphatic rings. The van der Waals surface area contributed by atoms with Gasteiger partial charge in [0.1, 0.15) is 9.84 Å². The predicted molar refractivity (Wildman–Crippen MR) is 69.6 cm³/mol. The lowest BCUT2D eigenvalue weighted by molar-refractivity contribution is 0.447. The fourth-order valence-electron chi connectivity index (χ4n) is 2.57. The summed E-state index contributed by atoms with van der Waals surface area (Å²) in [4.78, 5) is 0. The lowest BCUT2D eigenvalue weighted by Gasteiger charge is -2.27. The van der Waals surface area contributed by atoms with E-state index in [1.165, 1.54) is 4.31 Å². The fourth-order valence-corrected chi connectivity index (χ4v) is 6.36. The highest BCUT2D eigenvalue weighted by molar-refractivity contribution is 7.92. The molecule has 2 fully saturated rings. The molecule has 0 aromatic rings. The number of likely N-dealkylation sites (N-methyl/N-ethyl adjacent to an activating group) is 1. The zero-order valence-corrected chi connectivity index (χ0v) is 12.1. The van der Waals surface area contributed by atoms with Crippen LogP contribution in [0.15, 0.2) is 0 Å². The summed E-state index contributed by atoms with van der Waals surface area (Å²) in [6.45, 7) is 1.04. The second kappa shape index (κ2) is 5.07. The van der Waals surface area contributed by atoms with Crippen molar-refractivity contribution in [3.8, 4) is 0 Å². The van der Waals surface area contributed by atoms with Crippen molar-refractivity contribution in [2.24, 2.45) is 0 Å². The number of hydrogen-bond acceptors (Lipinski definition) is 5. The normalized spacial score (nSPS) is 30.6. The maximum absolute atomic E-state index is 12.4. The highest BCUT2D eigenvalue weighted by Gasteiger charge is 2.39. The van der Waals surface area contributed by atoms with Crippen LogP contribution >= 0.6 is 0 Å². The van der Waals surface area contributed by atoms with E-state index in [1.807, 2.05) is 7.05 Å². The van der Waals surface area contributed by atoms with E-state index in [9.17, 15) is 16.8 Å². The quantitative estimate of drug-likeness (QED) is 0.736. The van der Waals surface area contributed by atoms with Crippen LogP contribution in [0.5, 0.6) is 0 Å². The van der Waals surface area contributed by atoms with Gasteiger partial charge in [-0.15, -0.1) is 0 Å². The molecule has 6 nitrogen and oxygen atoms in total. The lowest BCUT2D eigenvalue weighted by Crippen LogP contribution is -2.42. The molecule has 1 atom stereocenters. The third kappa shape index (κ3) is 2.87. The Labute approximate surface area is 109 Å². The summed E-state index contributed by atoms with van der Waals surface area (Å²) in [5, 5.41) is 2.56. The minimum Gasteiger partial charge on any atom is -0.316 e. The molecular weight excluding hydrogens is 276 g/mol. The zero-order chi connectivity index (χ0) is 13.4. The molecule has 2 saturated heterocycles. The fraction of sp³-hybridized carbons (Fsp3) is 1.00. The van der Waals surface area contributed by atoms with E-state index in [1.54, 1.807) is 0 Å². The van der Waals surface area contributed by atoms with Crippen LogP contribution in [0, 0.1) is 0 Å². The van der Waals surface area contributed by atoms with E-state index in [0.29, 0.717) is 13.1 Å². The molecule has 0 spiro atoms. The van der Waals surface area contributed by atoms with Gasteiger partial charge in [-0.05, 0) is 26.3 Å². The molecule has 2 aliphatic heterocycles. The summed E-state index contributed by atoms with van der Waals surface area (Å²) >= 11 is 0. The highest BCUT2D eigenvalue weighted by Crippen LogP contribution is 2.25. The minimum absolute atomic E-state index is 0.000191. The molecule has 0 saturated carbocycles. The van der Waals surface area contributed by atoms with Crippen LogP contribution in [0.25, 0.3) is 0 Å². The van der Waals surface area contributed by atoms with Gasteiger partial charge < -0.3 is 5.32 Å². The molecular formula is C10H20N2O4S2. The van der Waals surface area contributed by atoms with Crippen LogP contribution in [-0.2, 0) is 19.9 Å². The van der Waals surface area contributed by atoms with Gasteiger partial charge >= 0.3 is 0 Å². The third-order valence-corrected chi connectivity index (χ3v) is 7.92. The Morgan fingerprint density at radius 3 is 2.28 bits per heavy atom. The largest absolute Gasteiger partial charge is 0.316 e. The molecule has 1 unspecified atom stereocenters. The molecule has 0 aliphatic carbocycles. The van der Waals surface area contributed by atoms with E-state index in [0.717, 1.165) is 6.42 Å². The van der Waals surface area contributed by atoms with E-state index >= 15 is 0 Å². The van der Waals surface area contributed by atoms with Gasteiger partial charge in [-0.25, -0.2) is 21.1 Å². The Morgan fingerprint density at radius 1 is 1.17 bits per heavy atom. The van der Waals surface area contributed by atoms with Crippen LogP contribution in [0.1, 0.15) is 19.3 Å². The molecule has 2 rings (SSSR count). The molecule has 0 aromatic heterocycles. The summed E-state index contributed by atoms with van der Waals surface area (Å²) in [7, 11) is -4.51. The smallest absolute Gasteiger partial charge is 0.217 e.